The van der Waals surface area contributed by atoms with Crippen molar-refractivity contribution in [3.05, 3.63) is 89.3 Å². The molecule has 5 rings (SSSR count). The van der Waals surface area contributed by atoms with Crippen LogP contribution in [0.15, 0.2) is 59.9 Å². The van der Waals surface area contributed by atoms with Crippen LogP contribution in [-0.4, -0.2) is 38.7 Å². The number of carbonyl (C=O) groups is 1. The van der Waals surface area contributed by atoms with Crippen LogP contribution in [0.4, 0.5) is 22.4 Å². The molecule has 1 aliphatic rings. The van der Waals surface area contributed by atoms with Crippen molar-refractivity contribution in [2.75, 3.05) is 6.61 Å². The predicted octanol–water partition coefficient (Wildman–Crippen LogP) is 7.55. The van der Waals surface area contributed by atoms with E-state index in [0.29, 0.717) is 23.9 Å². The number of ether oxygens (including phenoxy) is 2. The van der Waals surface area contributed by atoms with Gasteiger partial charge in [0, 0.05) is 25.2 Å². The summed E-state index contributed by atoms with van der Waals surface area (Å²) in [5.41, 5.74) is 0.504. The molecule has 1 N–H and O–H groups in total. The number of carbonyl (C=O) groups excluding carboxylic acids is 1. The number of nitrogens with one attached hydrogen (secondary N) is 1. The summed E-state index contributed by atoms with van der Waals surface area (Å²) in [5.74, 6) is -1.19. The van der Waals surface area contributed by atoms with Crippen molar-refractivity contribution in [2.24, 2.45) is 0 Å². The maximum absolute atomic E-state index is 14.8. The third-order valence-electron chi connectivity index (χ3n) is 7.73. The lowest BCUT2D eigenvalue weighted by molar-refractivity contribution is -0.139. The summed E-state index contributed by atoms with van der Waals surface area (Å²) < 4.78 is 72.6. The Morgan fingerprint density at radius 1 is 1.09 bits per heavy atom. The molecule has 0 unspecified atom stereocenters. The van der Waals surface area contributed by atoms with E-state index >= 15 is 0 Å². The number of aryl methyl sites for hydroxylation is 2. The van der Waals surface area contributed by atoms with Gasteiger partial charge in [-0.2, -0.15) is 13.2 Å². The summed E-state index contributed by atoms with van der Waals surface area (Å²) in [6.45, 7) is 4.49. The first-order chi connectivity index (χ1) is 22.2. The largest absolute Gasteiger partial charge is 0.487 e. The second-order valence-electron chi connectivity index (χ2n) is 11.1. The van der Waals surface area contributed by atoms with Gasteiger partial charge in [-0.15, -0.1) is 5.10 Å². The van der Waals surface area contributed by atoms with Crippen LogP contribution < -0.4 is 10.1 Å². The Bertz CT molecular complexity index is 1610. The highest BCUT2D eigenvalue weighted by Gasteiger charge is 2.36. The highest BCUT2D eigenvalue weighted by molar-refractivity contribution is 5.71. The van der Waals surface area contributed by atoms with Gasteiger partial charge in [0.2, 0.25) is 5.89 Å². The smallest absolute Gasteiger partial charge is 0.419 e. The van der Waals surface area contributed by atoms with Gasteiger partial charge >= 0.3 is 12.3 Å². The van der Waals surface area contributed by atoms with Crippen LogP contribution in [0.3, 0.4) is 0 Å². The number of aromatic nitrogens is 4. The SMILES string of the molecule is C=Cc1ccc(C(F)(F)F)c(F)c1-c1nc(COc2ccc(CCCCn3cc(CCOC(=O)NC4CCCC4)nn3)cc2)co1. The average molecular weight is 642 g/mol. The second kappa shape index (κ2) is 15.1. The first-order valence-electron chi connectivity index (χ1n) is 15.2. The van der Waals surface area contributed by atoms with E-state index in [-0.39, 0.29) is 36.8 Å². The van der Waals surface area contributed by atoms with Crippen molar-refractivity contribution in [1.29, 1.82) is 0 Å². The van der Waals surface area contributed by atoms with Crippen LogP contribution in [0.2, 0.25) is 0 Å². The van der Waals surface area contributed by atoms with Crippen LogP contribution in [0.5, 0.6) is 5.75 Å². The maximum atomic E-state index is 14.8. The first-order valence-corrected chi connectivity index (χ1v) is 15.2. The molecule has 0 atom stereocenters. The van der Waals surface area contributed by atoms with Crippen molar-refractivity contribution >= 4 is 12.2 Å². The molecule has 0 bridgehead atoms. The van der Waals surface area contributed by atoms with E-state index in [4.69, 9.17) is 13.9 Å². The van der Waals surface area contributed by atoms with E-state index in [9.17, 15) is 22.4 Å². The van der Waals surface area contributed by atoms with E-state index < -0.39 is 23.1 Å². The molecule has 244 valence electrons. The quantitative estimate of drug-likeness (QED) is 0.112. The summed E-state index contributed by atoms with van der Waals surface area (Å²) in [4.78, 5) is 16.0. The summed E-state index contributed by atoms with van der Waals surface area (Å²) in [6, 6.07) is 9.56. The molecule has 1 fully saturated rings. The summed E-state index contributed by atoms with van der Waals surface area (Å²) in [7, 11) is 0. The van der Waals surface area contributed by atoms with E-state index in [2.05, 4.69) is 27.2 Å². The Hall–Kier alpha value is -4.68. The normalized spacial score (nSPS) is 13.6. The number of rotatable bonds is 14. The summed E-state index contributed by atoms with van der Waals surface area (Å²) >= 11 is 0. The number of nitrogens with zero attached hydrogens (tertiary/aromatic N) is 4. The minimum atomic E-state index is -4.86. The summed E-state index contributed by atoms with van der Waals surface area (Å²) in [5, 5.41) is 11.2. The molecule has 0 aliphatic heterocycles. The number of unbranched alkanes of at least 4 members (excludes halogenated alkanes) is 1. The lowest BCUT2D eigenvalue weighted by Gasteiger charge is -2.12. The number of alkyl carbamates (subject to hydrolysis) is 1. The molecule has 0 radical (unpaired) electrons. The number of benzene rings is 2. The Morgan fingerprint density at radius 2 is 1.87 bits per heavy atom. The zero-order chi connectivity index (χ0) is 32.5. The highest BCUT2D eigenvalue weighted by Crippen LogP contribution is 2.37. The molecule has 1 amide bonds. The molecule has 46 heavy (non-hydrogen) atoms. The average Bonchev–Trinajstić information content (AvgIpc) is 3.81. The zero-order valence-electron chi connectivity index (χ0n) is 25.2. The van der Waals surface area contributed by atoms with Gasteiger partial charge in [-0.1, -0.05) is 48.9 Å². The van der Waals surface area contributed by atoms with Crippen molar-refractivity contribution in [3.8, 4) is 17.2 Å². The van der Waals surface area contributed by atoms with Gasteiger partial charge in [-0.3, -0.25) is 4.68 Å². The van der Waals surface area contributed by atoms with Gasteiger partial charge in [0.1, 0.15) is 30.1 Å². The van der Waals surface area contributed by atoms with Crippen LogP contribution in [0, 0.1) is 5.82 Å². The molecule has 2 aromatic carbocycles. The molecule has 4 aromatic rings. The third-order valence-corrected chi connectivity index (χ3v) is 7.73. The molecule has 2 heterocycles. The third kappa shape index (κ3) is 8.73. The van der Waals surface area contributed by atoms with Gasteiger partial charge in [0.25, 0.3) is 0 Å². The maximum Gasteiger partial charge on any atom is 0.419 e. The van der Waals surface area contributed by atoms with E-state index in [1.807, 2.05) is 30.5 Å². The second-order valence-corrected chi connectivity index (χ2v) is 11.1. The monoisotopic (exact) mass is 641 g/mol. The standard InChI is InChI=1S/C33H35F4N5O4/c1-2-23-12-15-28(33(35,36)37)30(34)29(23)31-38-26(21-46-31)20-45-27-13-10-22(11-14-27)7-5-6-17-42-19-25(40-41-42)16-18-44-32(43)39-24-8-3-4-9-24/h2,10-15,19,21,24H,1,3-9,16-18,20H2,(H,39,43). The minimum absolute atomic E-state index is 0.0213. The molecule has 0 spiro atoms. The van der Waals surface area contributed by atoms with E-state index in [1.165, 1.54) is 12.3 Å². The number of hydrogen-bond acceptors (Lipinski definition) is 7. The van der Waals surface area contributed by atoms with Crippen molar-refractivity contribution in [2.45, 2.75) is 76.7 Å². The Kier molecular flexibility index (Phi) is 10.7. The highest BCUT2D eigenvalue weighted by atomic mass is 19.4. The Balaban J connectivity index is 1.02. The lowest BCUT2D eigenvalue weighted by Crippen LogP contribution is -2.33. The molecular weight excluding hydrogens is 606 g/mol. The van der Waals surface area contributed by atoms with Crippen molar-refractivity contribution < 1.29 is 36.2 Å². The molecule has 1 saturated carbocycles. The molecule has 2 aromatic heterocycles. The number of oxazole rings is 1. The molecule has 1 aliphatic carbocycles. The minimum Gasteiger partial charge on any atom is -0.487 e. The fourth-order valence-electron chi connectivity index (χ4n) is 5.29. The van der Waals surface area contributed by atoms with Crippen molar-refractivity contribution in [3.63, 3.8) is 0 Å². The van der Waals surface area contributed by atoms with Gasteiger partial charge < -0.3 is 19.2 Å². The molecule has 0 saturated heterocycles. The fraction of sp³-hybridized carbons (Fsp3) is 0.394. The van der Waals surface area contributed by atoms with E-state index in [1.54, 1.807) is 4.68 Å². The fourth-order valence-corrected chi connectivity index (χ4v) is 5.29. The predicted molar refractivity (Wildman–Crippen MR) is 161 cm³/mol. The number of halogens is 4. The van der Waals surface area contributed by atoms with Gasteiger partial charge in [-0.25, -0.2) is 14.2 Å². The van der Waals surface area contributed by atoms with Gasteiger partial charge in [0.05, 0.1) is 23.4 Å². The molecule has 9 nitrogen and oxygen atoms in total. The summed E-state index contributed by atoms with van der Waals surface area (Å²) in [6.07, 6.45) is 6.60. The topological polar surface area (TPSA) is 104 Å². The lowest BCUT2D eigenvalue weighted by atomic mass is 10.0. The van der Waals surface area contributed by atoms with Crippen LogP contribution in [0.25, 0.3) is 17.5 Å². The first kappa shape index (κ1) is 32.7. The molecular formula is C33H35F4N5O4. The zero-order valence-corrected chi connectivity index (χ0v) is 25.2. The Labute approximate surface area is 263 Å². The molecule has 13 heteroatoms. The number of alkyl halides is 3. The number of amides is 1. The van der Waals surface area contributed by atoms with Crippen LogP contribution >= 0.6 is 0 Å². The van der Waals surface area contributed by atoms with Gasteiger partial charge in [0.15, 0.2) is 0 Å². The Morgan fingerprint density at radius 3 is 2.61 bits per heavy atom. The van der Waals surface area contributed by atoms with Crippen molar-refractivity contribution in [1.82, 2.24) is 25.3 Å². The van der Waals surface area contributed by atoms with E-state index in [0.717, 1.165) is 68.8 Å². The van der Waals surface area contributed by atoms with Gasteiger partial charge in [-0.05, 0) is 61.4 Å². The number of hydrogen-bond donors (Lipinski definition) is 1. The van der Waals surface area contributed by atoms with Crippen LogP contribution in [-0.2, 0) is 36.9 Å². The van der Waals surface area contributed by atoms with Crippen LogP contribution in [0.1, 0.15) is 66.6 Å².